The van der Waals surface area contributed by atoms with Gasteiger partial charge in [-0.05, 0) is 54.5 Å². The number of amides is 2. The van der Waals surface area contributed by atoms with Crippen LogP contribution in [0.1, 0.15) is 42.3 Å². The van der Waals surface area contributed by atoms with Gasteiger partial charge in [0.05, 0.1) is 12.5 Å². The molecule has 0 saturated heterocycles. The van der Waals surface area contributed by atoms with Gasteiger partial charge >= 0.3 is 0 Å². The van der Waals surface area contributed by atoms with Gasteiger partial charge in [-0.3, -0.25) is 9.59 Å². The molecule has 7 heteroatoms. The molecule has 0 radical (unpaired) electrons. The number of halogens is 1. The van der Waals surface area contributed by atoms with Crippen LogP contribution in [0.3, 0.4) is 0 Å². The SMILES string of the molecule is CC[C@@H](C)N(CC(=O)N1CCc2sccc2[C@@H]1COc1cccc(F)c1)C(=O)Cc1ccccc1. The first kappa shape index (κ1) is 24.9. The van der Waals surface area contributed by atoms with Crippen molar-refractivity contribution in [2.24, 2.45) is 0 Å². The average molecular weight is 495 g/mol. The van der Waals surface area contributed by atoms with Gasteiger partial charge in [0.1, 0.15) is 24.7 Å². The van der Waals surface area contributed by atoms with Crippen molar-refractivity contribution in [3.8, 4) is 5.75 Å². The van der Waals surface area contributed by atoms with Crippen molar-refractivity contribution in [2.75, 3.05) is 19.7 Å². The largest absolute Gasteiger partial charge is 0.491 e. The number of benzene rings is 2. The van der Waals surface area contributed by atoms with E-state index in [9.17, 15) is 14.0 Å². The Morgan fingerprint density at radius 1 is 1.17 bits per heavy atom. The van der Waals surface area contributed by atoms with E-state index < -0.39 is 0 Å². The fraction of sp³-hybridized carbons (Fsp3) is 0.357. The number of rotatable bonds is 9. The minimum Gasteiger partial charge on any atom is -0.491 e. The summed E-state index contributed by atoms with van der Waals surface area (Å²) in [6.07, 6.45) is 1.80. The van der Waals surface area contributed by atoms with Crippen molar-refractivity contribution >= 4 is 23.2 Å². The average Bonchev–Trinajstić information content (AvgIpc) is 3.35. The van der Waals surface area contributed by atoms with Gasteiger partial charge in [0.2, 0.25) is 11.8 Å². The lowest BCUT2D eigenvalue weighted by Crippen LogP contribution is -2.50. The number of carbonyl (C=O) groups excluding carboxylic acids is 2. The Morgan fingerprint density at radius 3 is 2.71 bits per heavy atom. The minimum absolute atomic E-state index is 0.0244. The first-order valence-corrected chi connectivity index (χ1v) is 12.9. The first-order chi connectivity index (χ1) is 17.0. The van der Waals surface area contributed by atoms with Gasteiger partial charge in [0, 0.05) is 23.5 Å². The third-order valence-corrected chi connectivity index (χ3v) is 7.56. The molecule has 0 fully saturated rings. The number of hydrogen-bond donors (Lipinski definition) is 0. The molecule has 4 rings (SSSR count). The highest BCUT2D eigenvalue weighted by molar-refractivity contribution is 7.10. The summed E-state index contributed by atoms with van der Waals surface area (Å²) >= 11 is 1.68. The van der Waals surface area contributed by atoms with E-state index in [0.717, 1.165) is 24.0 Å². The Labute approximate surface area is 210 Å². The van der Waals surface area contributed by atoms with Crippen LogP contribution in [-0.2, 0) is 22.4 Å². The Bertz CT molecular complexity index is 1150. The molecular weight excluding hydrogens is 463 g/mol. The van der Waals surface area contributed by atoms with Crippen LogP contribution in [0.5, 0.6) is 5.75 Å². The number of hydrogen-bond acceptors (Lipinski definition) is 4. The van der Waals surface area contributed by atoms with E-state index in [4.69, 9.17) is 4.74 Å². The second kappa shape index (κ2) is 11.5. The summed E-state index contributed by atoms with van der Waals surface area (Å²) in [6.45, 7) is 4.81. The summed E-state index contributed by atoms with van der Waals surface area (Å²) in [5.41, 5.74) is 2.00. The monoisotopic (exact) mass is 494 g/mol. The molecule has 2 heterocycles. The molecule has 0 saturated carbocycles. The van der Waals surface area contributed by atoms with Crippen LogP contribution in [0.4, 0.5) is 4.39 Å². The summed E-state index contributed by atoms with van der Waals surface area (Å²) in [5.74, 6) is -0.0912. The van der Waals surface area contributed by atoms with Gasteiger partial charge in [-0.1, -0.05) is 43.3 Å². The maximum absolute atomic E-state index is 13.6. The molecule has 0 N–H and O–H groups in total. The standard InChI is InChI=1S/C28H31FN2O3S/c1-3-20(2)31(27(32)16-21-8-5-4-6-9-21)18-28(33)30-14-12-26-24(13-15-35-26)25(30)19-34-23-11-7-10-22(29)17-23/h4-11,13,15,17,20,25H,3,12,14,16,18-19H2,1-2H3/t20-,25+/m1/s1. The van der Waals surface area contributed by atoms with E-state index in [1.165, 1.54) is 17.0 Å². The predicted octanol–water partition coefficient (Wildman–Crippen LogP) is 5.26. The maximum Gasteiger partial charge on any atom is 0.242 e. The van der Waals surface area contributed by atoms with E-state index in [2.05, 4.69) is 0 Å². The fourth-order valence-corrected chi connectivity index (χ4v) is 5.35. The Morgan fingerprint density at radius 2 is 1.97 bits per heavy atom. The number of nitrogens with zero attached hydrogens (tertiary/aromatic N) is 2. The Kier molecular flexibility index (Phi) is 8.18. The molecule has 3 aromatic rings. The molecule has 2 amide bonds. The summed E-state index contributed by atoms with van der Waals surface area (Å²) in [4.78, 5) is 31.6. The van der Waals surface area contributed by atoms with Gasteiger partial charge in [0.25, 0.3) is 0 Å². The number of ether oxygens (including phenoxy) is 1. The first-order valence-electron chi connectivity index (χ1n) is 12.0. The molecule has 0 spiro atoms. The maximum atomic E-state index is 13.6. The van der Waals surface area contributed by atoms with E-state index >= 15 is 0 Å². The van der Waals surface area contributed by atoms with E-state index in [1.54, 1.807) is 28.4 Å². The van der Waals surface area contributed by atoms with E-state index in [-0.39, 0.29) is 49.3 Å². The van der Waals surface area contributed by atoms with Crippen molar-refractivity contribution in [3.63, 3.8) is 0 Å². The molecule has 2 atom stereocenters. The van der Waals surface area contributed by atoms with Crippen molar-refractivity contribution in [1.82, 2.24) is 9.80 Å². The number of fused-ring (bicyclic) bond motifs is 1. The zero-order chi connectivity index (χ0) is 24.8. The normalized spacial score (nSPS) is 15.9. The van der Waals surface area contributed by atoms with Crippen molar-refractivity contribution in [1.29, 1.82) is 0 Å². The third kappa shape index (κ3) is 6.09. The highest BCUT2D eigenvalue weighted by Gasteiger charge is 2.34. The summed E-state index contributed by atoms with van der Waals surface area (Å²) in [5, 5.41) is 2.03. The molecule has 2 aromatic carbocycles. The Hall–Kier alpha value is -3.19. The summed E-state index contributed by atoms with van der Waals surface area (Å²) < 4.78 is 19.6. The van der Waals surface area contributed by atoms with Crippen LogP contribution < -0.4 is 4.74 Å². The predicted molar refractivity (Wildman–Crippen MR) is 136 cm³/mol. The van der Waals surface area contributed by atoms with Gasteiger partial charge in [-0.2, -0.15) is 0 Å². The number of thiophene rings is 1. The van der Waals surface area contributed by atoms with Crippen molar-refractivity contribution < 1.29 is 18.7 Å². The van der Waals surface area contributed by atoms with E-state index in [1.807, 2.05) is 60.5 Å². The lowest BCUT2D eigenvalue weighted by molar-refractivity contribution is -0.144. The summed E-state index contributed by atoms with van der Waals surface area (Å²) in [6, 6.07) is 17.3. The molecule has 0 unspecified atom stereocenters. The third-order valence-electron chi connectivity index (χ3n) is 6.57. The molecule has 1 aromatic heterocycles. The zero-order valence-electron chi connectivity index (χ0n) is 20.2. The molecular formula is C28H31FN2O3S. The molecule has 5 nitrogen and oxygen atoms in total. The van der Waals surface area contributed by atoms with Gasteiger partial charge in [-0.25, -0.2) is 4.39 Å². The Balaban J connectivity index is 1.51. The second-order valence-corrected chi connectivity index (χ2v) is 9.86. The van der Waals surface area contributed by atoms with Crippen LogP contribution >= 0.6 is 11.3 Å². The smallest absolute Gasteiger partial charge is 0.242 e. The molecule has 1 aliphatic heterocycles. The van der Waals surface area contributed by atoms with Gasteiger partial charge < -0.3 is 14.5 Å². The summed E-state index contributed by atoms with van der Waals surface area (Å²) in [7, 11) is 0. The quantitative estimate of drug-likeness (QED) is 0.408. The second-order valence-electron chi connectivity index (χ2n) is 8.86. The molecule has 0 aliphatic carbocycles. The van der Waals surface area contributed by atoms with Crippen LogP contribution in [0, 0.1) is 5.82 Å². The minimum atomic E-state index is -0.364. The van der Waals surface area contributed by atoms with Crippen molar-refractivity contribution in [3.05, 3.63) is 87.9 Å². The van der Waals surface area contributed by atoms with Crippen molar-refractivity contribution in [2.45, 2.75) is 45.2 Å². The zero-order valence-corrected chi connectivity index (χ0v) is 21.0. The molecule has 0 bridgehead atoms. The lowest BCUT2D eigenvalue weighted by atomic mass is 10.00. The van der Waals surface area contributed by atoms with Crippen LogP contribution in [0.15, 0.2) is 66.0 Å². The lowest BCUT2D eigenvalue weighted by Gasteiger charge is -2.38. The van der Waals surface area contributed by atoms with Crippen LogP contribution in [-0.4, -0.2) is 47.4 Å². The number of carbonyl (C=O) groups is 2. The highest BCUT2D eigenvalue weighted by Crippen LogP contribution is 2.34. The molecule has 35 heavy (non-hydrogen) atoms. The van der Waals surface area contributed by atoms with Crippen LogP contribution in [0.2, 0.25) is 0 Å². The topological polar surface area (TPSA) is 49.9 Å². The highest BCUT2D eigenvalue weighted by atomic mass is 32.1. The molecule has 184 valence electrons. The van der Waals surface area contributed by atoms with Gasteiger partial charge in [-0.15, -0.1) is 11.3 Å². The van der Waals surface area contributed by atoms with E-state index in [0.29, 0.717) is 12.3 Å². The van der Waals surface area contributed by atoms with Gasteiger partial charge in [0.15, 0.2) is 0 Å². The molecule has 1 aliphatic rings. The fourth-order valence-electron chi connectivity index (χ4n) is 4.43. The van der Waals surface area contributed by atoms with Crippen LogP contribution in [0.25, 0.3) is 0 Å².